The highest BCUT2D eigenvalue weighted by atomic mass is 35.5. The molecule has 0 unspecified atom stereocenters. The molecule has 26 heavy (non-hydrogen) atoms. The highest BCUT2D eigenvalue weighted by molar-refractivity contribution is 6.31. The highest BCUT2D eigenvalue weighted by Crippen LogP contribution is 2.22. The van der Waals surface area contributed by atoms with Crippen LogP contribution in [0.2, 0.25) is 5.02 Å². The maximum atomic E-state index is 11.9. The van der Waals surface area contributed by atoms with E-state index >= 15 is 0 Å². The average molecular weight is 386 g/mol. The van der Waals surface area contributed by atoms with E-state index < -0.39 is 28.7 Å². The molecule has 142 valence electrons. The lowest BCUT2D eigenvalue weighted by atomic mass is 10.0. The number of hydrogen-bond donors (Lipinski definition) is 3. The maximum absolute atomic E-state index is 11.9. The third kappa shape index (κ3) is 7.06. The molecule has 0 bridgehead atoms. The van der Waals surface area contributed by atoms with Gasteiger partial charge in [0.1, 0.15) is 6.04 Å². The number of nitrogens with zero attached hydrogens (tertiary/aromatic N) is 1. The second kappa shape index (κ2) is 9.71. The zero-order valence-corrected chi connectivity index (χ0v) is 15.1. The summed E-state index contributed by atoms with van der Waals surface area (Å²) in [5.74, 6) is -2.21. The van der Waals surface area contributed by atoms with Crippen LogP contribution >= 0.6 is 11.6 Å². The van der Waals surface area contributed by atoms with E-state index in [-0.39, 0.29) is 36.0 Å². The molecule has 0 aromatic heterocycles. The number of aliphatic carboxylic acids is 1. The standard InChI is InChI=1S/C16H20ClN3O6/c1-9(2)5-13(16(23)24)19-15(22)8-18-14(21)6-10-3-4-11(20(25)26)7-12(10)17/h3-4,7,9,13H,5-6,8H2,1-2H3,(H,18,21)(H,19,22)(H,23,24)/t13-/m0/s1. The Morgan fingerprint density at radius 1 is 1.27 bits per heavy atom. The molecule has 0 spiro atoms. The fourth-order valence-electron chi connectivity index (χ4n) is 2.15. The number of benzene rings is 1. The number of non-ortho nitro benzene ring substituents is 1. The lowest BCUT2D eigenvalue weighted by Crippen LogP contribution is -2.46. The van der Waals surface area contributed by atoms with Crippen LogP contribution in [0.25, 0.3) is 0 Å². The van der Waals surface area contributed by atoms with Gasteiger partial charge in [0, 0.05) is 12.1 Å². The number of carbonyl (C=O) groups excluding carboxylic acids is 2. The highest BCUT2D eigenvalue weighted by Gasteiger charge is 2.21. The number of carboxylic acids is 1. The summed E-state index contributed by atoms with van der Waals surface area (Å²) in [6, 6.07) is 2.71. The SMILES string of the molecule is CC(C)C[C@H](NC(=O)CNC(=O)Cc1ccc([N+](=O)[O-])cc1Cl)C(=O)O. The molecule has 1 atom stereocenters. The van der Waals surface area contributed by atoms with Gasteiger partial charge in [-0.3, -0.25) is 19.7 Å². The molecule has 0 heterocycles. The lowest BCUT2D eigenvalue weighted by Gasteiger charge is -2.16. The number of hydrogen-bond acceptors (Lipinski definition) is 5. The van der Waals surface area contributed by atoms with Crippen molar-refractivity contribution < 1.29 is 24.4 Å². The Morgan fingerprint density at radius 3 is 2.42 bits per heavy atom. The molecule has 0 aliphatic carbocycles. The van der Waals surface area contributed by atoms with Crippen molar-refractivity contribution in [1.82, 2.24) is 10.6 Å². The number of amides is 2. The summed E-state index contributed by atoms with van der Waals surface area (Å²) >= 11 is 5.90. The Bertz CT molecular complexity index is 707. The van der Waals surface area contributed by atoms with Gasteiger partial charge in [0.25, 0.3) is 5.69 Å². The van der Waals surface area contributed by atoms with Gasteiger partial charge in [-0.2, -0.15) is 0 Å². The van der Waals surface area contributed by atoms with Crippen molar-refractivity contribution >= 4 is 35.1 Å². The molecule has 2 amide bonds. The van der Waals surface area contributed by atoms with Gasteiger partial charge in [-0.05, 0) is 17.9 Å². The Kier molecular flexibility index (Phi) is 7.98. The largest absolute Gasteiger partial charge is 0.480 e. The van der Waals surface area contributed by atoms with Gasteiger partial charge in [0.2, 0.25) is 11.8 Å². The summed E-state index contributed by atoms with van der Waals surface area (Å²) < 4.78 is 0. The second-order valence-corrected chi connectivity index (χ2v) is 6.48. The average Bonchev–Trinajstić information content (AvgIpc) is 2.53. The molecule has 10 heteroatoms. The van der Waals surface area contributed by atoms with Crippen LogP contribution in [0.3, 0.4) is 0 Å². The van der Waals surface area contributed by atoms with Gasteiger partial charge >= 0.3 is 5.97 Å². The van der Waals surface area contributed by atoms with Crippen molar-refractivity contribution in [3.63, 3.8) is 0 Å². The topological polar surface area (TPSA) is 139 Å². The number of nitrogens with one attached hydrogen (secondary N) is 2. The molecular weight excluding hydrogens is 366 g/mol. The van der Waals surface area contributed by atoms with E-state index in [9.17, 15) is 24.5 Å². The Hall–Kier alpha value is -2.68. The molecule has 1 aromatic rings. The molecule has 0 radical (unpaired) electrons. The number of halogens is 1. The first kappa shape index (κ1) is 21.4. The fraction of sp³-hybridized carbons (Fsp3) is 0.438. The van der Waals surface area contributed by atoms with E-state index in [2.05, 4.69) is 10.6 Å². The normalized spacial score (nSPS) is 11.7. The molecule has 0 aliphatic rings. The molecule has 3 N–H and O–H groups in total. The third-order valence-electron chi connectivity index (χ3n) is 3.39. The minimum absolute atomic E-state index is 0.0710. The first-order chi connectivity index (χ1) is 12.1. The molecular formula is C16H20ClN3O6. The van der Waals surface area contributed by atoms with Crippen molar-refractivity contribution in [1.29, 1.82) is 0 Å². The van der Waals surface area contributed by atoms with Crippen LogP contribution in [-0.4, -0.2) is 40.4 Å². The van der Waals surface area contributed by atoms with E-state index in [0.29, 0.717) is 5.56 Å². The first-order valence-corrected chi connectivity index (χ1v) is 8.19. The van der Waals surface area contributed by atoms with Crippen LogP contribution in [0.1, 0.15) is 25.8 Å². The van der Waals surface area contributed by atoms with Crippen LogP contribution in [0.5, 0.6) is 0 Å². The predicted molar refractivity (Wildman–Crippen MR) is 93.8 cm³/mol. The Morgan fingerprint density at radius 2 is 1.92 bits per heavy atom. The summed E-state index contributed by atoms with van der Waals surface area (Å²) in [7, 11) is 0. The van der Waals surface area contributed by atoms with E-state index in [1.165, 1.54) is 12.1 Å². The first-order valence-electron chi connectivity index (χ1n) is 7.81. The minimum Gasteiger partial charge on any atom is -0.480 e. The van der Waals surface area contributed by atoms with Crippen LogP contribution in [0.15, 0.2) is 18.2 Å². The predicted octanol–water partition coefficient (Wildman–Crippen LogP) is 1.52. The van der Waals surface area contributed by atoms with Crippen LogP contribution in [0, 0.1) is 16.0 Å². The molecule has 1 rings (SSSR count). The smallest absolute Gasteiger partial charge is 0.326 e. The zero-order chi connectivity index (χ0) is 19.9. The number of carboxylic acid groups (broad SMARTS) is 1. The summed E-state index contributed by atoms with van der Waals surface area (Å²) in [6.07, 6.45) is 0.103. The molecule has 0 saturated heterocycles. The van der Waals surface area contributed by atoms with Gasteiger partial charge in [-0.1, -0.05) is 31.5 Å². The summed E-state index contributed by atoms with van der Waals surface area (Å²) in [6.45, 7) is 3.28. The van der Waals surface area contributed by atoms with Gasteiger partial charge in [-0.15, -0.1) is 0 Å². The van der Waals surface area contributed by atoms with Gasteiger partial charge in [-0.25, -0.2) is 4.79 Å². The zero-order valence-electron chi connectivity index (χ0n) is 14.3. The van der Waals surface area contributed by atoms with E-state index in [1.54, 1.807) is 0 Å². The fourth-order valence-corrected chi connectivity index (χ4v) is 2.39. The Balaban J connectivity index is 2.54. The van der Waals surface area contributed by atoms with Crippen LogP contribution < -0.4 is 10.6 Å². The number of carbonyl (C=O) groups is 3. The molecule has 0 saturated carbocycles. The van der Waals surface area contributed by atoms with Gasteiger partial charge in [0.05, 0.1) is 22.9 Å². The van der Waals surface area contributed by atoms with E-state index in [0.717, 1.165) is 6.07 Å². The van der Waals surface area contributed by atoms with Gasteiger partial charge < -0.3 is 15.7 Å². The minimum atomic E-state index is -1.14. The lowest BCUT2D eigenvalue weighted by molar-refractivity contribution is -0.384. The van der Waals surface area contributed by atoms with E-state index in [1.807, 2.05) is 13.8 Å². The van der Waals surface area contributed by atoms with Crippen molar-refractivity contribution in [2.45, 2.75) is 32.7 Å². The monoisotopic (exact) mass is 385 g/mol. The number of nitro groups is 1. The van der Waals surface area contributed by atoms with E-state index in [4.69, 9.17) is 16.7 Å². The van der Waals surface area contributed by atoms with Gasteiger partial charge in [0.15, 0.2) is 0 Å². The number of rotatable bonds is 9. The third-order valence-corrected chi connectivity index (χ3v) is 3.74. The number of nitro benzene ring substituents is 1. The summed E-state index contributed by atoms with van der Waals surface area (Å²) in [5.41, 5.74) is 0.182. The molecule has 0 fully saturated rings. The van der Waals surface area contributed by atoms with Crippen molar-refractivity contribution in [2.24, 2.45) is 5.92 Å². The van der Waals surface area contributed by atoms with Crippen molar-refractivity contribution in [2.75, 3.05) is 6.54 Å². The van der Waals surface area contributed by atoms with Crippen molar-refractivity contribution in [3.05, 3.63) is 38.9 Å². The summed E-state index contributed by atoms with van der Waals surface area (Å²) in [5, 5.41) is 24.5. The Labute approximate surface area is 154 Å². The maximum Gasteiger partial charge on any atom is 0.326 e. The van der Waals surface area contributed by atoms with Crippen molar-refractivity contribution in [3.8, 4) is 0 Å². The van der Waals surface area contributed by atoms with Crippen LogP contribution in [0.4, 0.5) is 5.69 Å². The quantitative estimate of drug-likeness (QED) is 0.435. The second-order valence-electron chi connectivity index (χ2n) is 6.07. The molecule has 9 nitrogen and oxygen atoms in total. The summed E-state index contributed by atoms with van der Waals surface area (Å²) in [4.78, 5) is 44.8. The molecule has 1 aromatic carbocycles. The van der Waals surface area contributed by atoms with Crippen LogP contribution in [-0.2, 0) is 20.8 Å². The molecule has 0 aliphatic heterocycles.